The molecule has 0 amide bonds. The van der Waals surface area contributed by atoms with Crippen LogP contribution >= 0.6 is 34.8 Å². The molecular weight excluding hydrogens is 453 g/mol. The van der Waals surface area contributed by atoms with Crippen molar-refractivity contribution in [2.45, 2.75) is 19.5 Å². The lowest BCUT2D eigenvalue weighted by Crippen LogP contribution is -2.44. The van der Waals surface area contributed by atoms with Gasteiger partial charge in [0.05, 0.1) is 6.04 Å². The number of hydrogen-bond acceptors (Lipinski definition) is 1. The van der Waals surface area contributed by atoms with E-state index in [-0.39, 0.29) is 6.04 Å². The zero-order valence-electron chi connectivity index (χ0n) is 14.5. The van der Waals surface area contributed by atoms with Crippen LogP contribution in [0.1, 0.15) is 22.9 Å². The summed E-state index contributed by atoms with van der Waals surface area (Å²) in [5.74, 6) is 0. The van der Waals surface area contributed by atoms with Crippen molar-refractivity contribution in [3.8, 4) is 0 Å². The molecular formula is C21H20IN3S. The third kappa shape index (κ3) is 3.50. The van der Waals surface area contributed by atoms with Gasteiger partial charge < -0.3 is 14.8 Å². The molecule has 0 fully saturated rings. The number of halogens is 1. The van der Waals surface area contributed by atoms with E-state index in [0.717, 1.165) is 23.9 Å². The summed E-state index contributed by atoms with van der Waals surface area (Å²) in [7, 11) is 0. The fraction of sp³-hybridized carbons (Fsp3) is 0.190. The Balaban J connectivity index is 1.66. The highest BCUT2D eigenvalue weighted by molar-refractivity contribution is 14.1. The lowest BCUT2D eigenvalue weighted by Gasteiger charge is -2.39. The zero-order valence-corrected chi connectivity index (χ0v) is 17.5. The molecule has 3 aromatic rings. The summed E-state index contributed by atoms with van der Waals surface area (Å²) in [6.07, 6.45) is 2.16. The topological polar surface area (TPSA) is 20.2 Å². The summed E-state index contributed by atoms with van der Waals surface area (Å²) in [6, 6.07) is 21.5. The normalized spacial score (nSPS) is 16.2. The molecule has 2 heterocycles. The van der Waals surface area contributed by atoms with Gasteiger partial charge in [-0.1, -0.05) is 29.8 Å². The van der Waals surface area contributed by atoms with E-state index in [1.165, 1.54) is 20.4 Å². The fourth-order valence-electron chi connectivity index (χ4n) is 3.43. The Labute approximate surface area is 173 Å². The number of fused-ring (bicyclic) bond motifs is 1. The second-order valence-electron chi connectivity index (χ2n) is 6.57. The number of rotatable bonds is 2. The second kappa shape index (κ2) is 7.40. The van der Waals surface area contributed by atoms with E-state index in [4.69, 9.17) is 12.2 Å². The molecule has 5 heteroatoms. The Morgan fingerprint density at radius 2 is 1.77 bits per heavy atom. The van der Waals surface area contributed by atoms with Crippen LogP contribution in [0.15, 0.2) is 66.9 Å². The molecule has 3 nitrogen and oxygen atoms in total. The number of benzene rings is 2. The molecule has 0 spiro atoms. The van der Waals surface area contributed by atoms with Gasteiger partial charge in [0.1, 0.15) is 0 Å². The van der Waals surface area contributed by atoms with E-state index in [1.54, 1.807) is 0 Å². The predicted octanol–water partition coefficient (Wildman–Crippen LogP) is 5.20. The molecule has 132 valence electrons. The third-order valence-corrected chi connectivity index (χ3v) is 5.84. The first-order valence-electron chi connectivity index (χ1n) is 8.66. The summed E-state index contributed by atoms with van der Waals surface area (Å²) in [6.45, 7) is 3.95. The molecule has 1 aromatic heterocycles. The van der Waals surface area contributed by atoms with Crippen LogP contribution in [0, 0.1) is 10.5 Å². The molecule has 4 rings (SSSR count). The van der Waals surface area contributed by atoms with Gasteiger partial charge in [-0.05, 0) is 83.7 Å². The molecule has 1 N–H and O–H groups in total. The fourth-order valence-corrected chi connectivity index (χ4v) is 4.10. The van der Waals surface area contributed by atoms with Gasteiger partial charge in [-0.3, -0.25) is 0 Å². The first kappa shape index (κ1) is 17.5. The Kier molecular flexibility index (Phi) is 5.00. The maximum absolute atomic E-state index is 5.80. The van der Waals surface area contributed by atoms with Gasteiger partial charge in [-0.25, -0.2) is 0 Å². The van der Waals surface area contributed by atoms with Crippen LogP contribution in [-0.4, -0.2) is 21.1 Å². The van der Waals surface area contributed by atoms with Crippen LogP contribution in [0.2, 0.25) is 0 Å². The number of aryl methyl sites for hydroxylation is 1. The first-order chi connectivity index (χ1) is 12.6. The minimum atomic E-state index is 0.128. The molecule has 0 bridgehead atoms. The molecule has 0 unspecified atom stereocenters. The third-order valence-electron chi connectivity index (χ3n) is 4.79. The molecule has 1 aliphatic rings. The van der Waals surface area contributed by atoms with E-state index in [2.05, 4.69) is 111 Å². The van der Waals surface area contributed by atoms with Gasteiger partial charge in [0.15, 0.2) is 5.11 Å². The maximum Gasteiger partial charge on any atom is 0.174 e. The quantitative estimate of drug-likeness (QED) is 0.408. The molecule has 1 atom stereocenters. The van der Waals surface area contributed by atoms with Gasteiger partial charge in [0.25, 0.3) is 0 Å². The zero-order chi connectivity index (χ0) is 18.1. The average Bonchev–Trinajstić information content (AvgIpc) is 3.12. The Bertz CT molecular complexity index is 915. The van der Waals surface area contributed by atoms with Crippen molar-refractivity contribution in [2.75, 3.05) is 11.9 Å². The van der Waals surface area contributed by atoms with Gasteiger partial charge >= 0.3 is 0 Å². The lowest BCUT2D eigenvalue weighted by molar-refractivity contribution is 0.293. The largest absolute Gasteiger partial charge is 0.348 e. The first-order valence-corrected chi connectivity index (χ1v) is 10.2. The summed E-state index contributed by atoms with van der Waals surface area (Å²) in [5, 5.41) is 4.19. The van der Waals surface area contributed by atoms with E-state index >= 15 is 0 Å². The van der Waals surface area contributed by atoms with Crippen molar-refractivity contribution < 1.29 is 0 Å². The molecule has 1 aliphatic heterocycles. The van der Waals surface area contributed by atoms with Crippen molar-refractivity contribution in [1.82, 2.24) is 9.47 Å². The molecule has 0 aliphatic carbocycles. The summed E-state index contributed by atoms with van der Waals surface area (Å²) in [5.41, 5.74) is 4.85. The van der Waals surface area contributed by atoms with Gasteiger partial charge in [0, 0.05) is 34.2 Å². The minimum Gasteiger partial charge on any atom is -0.348 e. The number of nitrogens with zero attached hydrogens (tertiary/aromatic N) is 2. The van der Waals surface area contributed by atoms with E-state index < -0.39 is 0 Å². The SMILES string of the molecule is Cc1ccc([C@H]2c3cccn3CCN2C(=S)Nc2ccc(I)cc2)cc1. The van der Waals surface area contributed by atoms with Crippen molar-refractivity contribution in [3.05, 3.63) is 87.3 Å². The summed E-state index contributed by atoms with van der Waals surface area (Å²) >= 11 is 8.11. The van der Waals surface area contributed by atoms with Crippen LogP contribution in [0.25, 0.3) is 0 Å². The van der Waals surface area contributed by atoms with E-state index in [9.17, 15) is 0 Å². The maximum atomic E-state index is 5.80. The highest BCUT2D eigenvalue weighted by atomic mass is 127. The molecule has 0 saturated heterocycles. The molecule has 0 radical (unpaired) electrons. The van der Waals surface area contributed by atoms with Crippen molar-refractivity contribution in [3.63, 3.8) is 0 Å². The molecule has 26 heavy (non-hydrogen) atoms. The van der Waals surface area contributed by atoms with Crippen LogP contribution in [-0.2, 0) is 6.54 Å². The van der Waals surface area contributed by atoms with Crippen molar-refractivity contribution >= 4 is 45.6 Å². The lowest BCUT2D eigenvalue weighted by atomic mass is 9.99. The van der Waals surface area contributed by atoms with Gasteiger partial charge in [0.2, 0.25) is 0 Å². The number of aromatic nitrogens is 1. The predicted molar refractivity (Wildman–Crippen MR) is 120 cm³/mol. The highest BCUT2D eigenvalue weighted by Gasteiger charge is 2.30. The average molecular weight is 473 g/mol. The second-order valence-corrected chi connectivity index (χ2v) is 8.20. The number of nitrogens with one attached hydrogen (secondary N) is 1. The van der Waals surface area contributed by atoms with Crippen LogP contribution in [0.4, 0.5) is 5.69 Å². The smallest absolute Gasteiger partial charge is 0.174 e. The van der Waals surface area contributed by atoms with Gasteiger partial charge in [-0.2, -0.15) is 0 Å². The van der Waals surface area contributed by atoms with Crippen LogP contribution in [0.3, 0.4) is 0 Å². The number of anilines is 1. The van der Waals surface area contributed by atoms with E-state index in [1.807, 2.05) is 0 Å². The minimum absolute atomic E-state index is 0.128. The van der Waals surface area contributed by atoms with Gasteiger partial charge in [-0.15, -0.1) is 0 Å². The van der Waals surface area contributed by atoms with Crippen LogP contribution < -0.4 is 5.32 Å². The number of hydrogen-bond donors (Lipinski definition) is 1. The van der Waals surface area contributed by atoms with Crippen molar-refractivity contribution in [2.24, 2.45) is 0 Å². The summed E-state index contributed by atoms with van der Waals surface area (Å²) in [4.78, 5) is 2.30. The summed E-state index contributed by atoms with van der Waals surface area (Å²) < 4.78 is 3.54. The highest BCUT2D eigenvalue weighted by Crippen LogP contribution is 2.33. The van der Waals surface area contributed by atoms with Crippen LogP contribution in [0.5, 0.6) is 0 Å². The standard InChI is InChI=1S/C21H20IN3S/c1-15-4-6-16(7-5-15)20-19-3-2-12-24(19)13-14-25(20)21(26)23-18-10-8-17(22)9-11-18/h2-12,20H,13-14H2,1H3,(H,23,26)/t20-/m0/s1. The molecule has 2 aromatic carbocycles. The molecule has 0 saturated carbocycles. The monoisotopic (exact) mass is 473 g/mol. The Morgan fingerprint density at radius 1 is 1.04 bits per heavy atom. The van der Waals surface area contributed by atoms with Crippen molar-refractivity contribution in [1.29, 1.82) is 0 Å². The van der Waals surface area contributed by atoms with E-state index in [0.29, 0.717) is 0 Å². The number of thiocarbonyl (C=S) groups is 1. The Morgan fingerprint density at radius 3 is 2.50 bits per heavy atom. The Hall–Kier alpha value is -1.86.